The number of amides is 1. The van der Waals surface area contributed by atoms with E-state index in [-0.39, 0.29) is 29.7 Å². The van der Waals surface area contributed by atoms with Gasteiger partial charge in [0.1, 0.15) is 5.69 Å². The summed E-state index contributed by atoms with van der Waals surface area (Å²) < 4.78 is 48.7. The fourth-order valence-electron chi connectivity index (χ4n) is 1.91. The van der Waals surface area contributed by atoms with Crippen molar-refractivity contribution < 1.29 is 27.4 Å². The third-order valence-corrected chi connectivity index (χ3v) is 2.99. The second-order valence-corrected chi connectivity index (χ2v) is 4.77. The van der Waals surface area contributed by atoms with Gasteiger partial charge < -0.3 is 14.8 Å². The molecular weight excluding hydrogens is 339 g/mol. The summed E-state index contributed by atoms with van der Waals surface area (Å²) >= 11 is 0. The molecule has 0 spiro atoms. The maximum Gasteiger partial charge on any atom is 0.416 e. The smallest absolute Gasteiger partial charge is 0.416 e. The number of nitrogens with one attached hydrogen (secondary N) is 1. The number of hydrogen-bond acceptors (Lipinski definition) is 5. The molecule has 0 saturated heterocycles. The summed E-state index contributed by atoms with van der Waals surface area (Å²) in [4.78, 5) is 20.2. The van der Waals surface area contributed by atoms with Crippen LogP contribution in [0.1, 0.15) is 29.8 Å². The number of halogens is 3. The number of hydrogen-bond donors (Lipinski definition) is 1. The van der Waals surface area contributed by atoms with Gasteiger partial charge in [-0.15, -0.1) is 0 Å². The molecule has 0 aliphatic carbocycles. The molecule has 0 saturated carbocycles. The highest BCUT2D eigenvalue weighted by molar-refractivity contribution is 6.04. The lowest BCUT2D eigenvalue weighted by Gasteiger charge is -2.12. The van der Waals surface area contributed by atoms with Crippen molar-refractivity contribution in [2.75, 3.05) is 18.5 Å². The van der Waals surface area contributed by atoms with E-state index in [1.165, 1.54) is 12.3 Å². The summed E-state index contributed by atoms with van der Waals surface area (Å²) in [5, 5.41) is 2.45. The molecule has 6 nitrogen and oxygen atoms in total. The highest BCUT2D eigenvalue weighted by Gasteiger charge is 2.31. The lowest BCUT2D eigenvalue weighted by molar-refractivity contribution is -0.137. The minimum absolute atomic E-state index is 0.0706. The Kier molecular flexibility index (Phi) is 5.79. The monoisotopic (exact) mass is 355 g/mol. The average molecular weight is 355 g/mol. The van der Waals surface area contributed by atoms with E-state index >= 15 is 0 Å². The summed E-state index contributed by atoms with van der Waals surface area (Å²) in [5.74, 6) is -0.666. The van der Waals surface area contributed by atoms with Crippen LogP contribution >= 0.6 is 0 Å². The Morgan fingerprint density at radius 2 is 1.92 bits per heavy atom. The van der Waals surface area contributed by atoms with Crippen LogP contribution in [0.3, 0.4) is 0 Å². The first kappa shape index (κ1) is 18.5. The lowest BCUT2D eigenvalue weighted by atomic mass is 10.1. The molecule has 1 heterocycles. The molecular formula is C16H16F3N3O3. The molecule has 25 heavy (non-hydrogen) atoms. The zero-order valence-electron chi connectivity index (χ0n) is 13.6. The van der Waals surface area contributed by atoms with Crippen LogP contribution in [0.5, 0.6) is 11.9 Å². The zero-order valence-corrected chi connectivity index (χ0v) is 13.6. The molecule has 2 aromatic rings. The molecule has 0 aliphatic rings. The molecule has 0 fully saturated rings. The molecule has 1 N–H and O–H groups in total. The molecule has 1 amide bonds. The van der Waals surface area contributed by atoms with Crippen molar-refractivity contribution in [2.24, 2.45) is 0 Å². The number of carbonyl (C=O) groups is 1. The van der Waals surface area contributed by atoms with Crippen molar-refractivity contribution in [3.8, 4) is 11.9 Å². The molecule has 134 valence electrons. The van der Waals surface area contributed by atoms with Crippen LogP contribution in [0, 0.1) is 0 Å². The van der Waals surface area contributed by atoms with E-state index in [1.807, 2.05) is 0 Å². The molecule has 1 aromatic carbocycles. The van der Waals surface area contributed by atoms with Crippen molar-refractivity contribution in [1.82, 2.24) is 9.97 Å². The Balaban J connectivity index is 2.25. The van der Waals surface area contributed by atoms with Gasteiger partial charge in [0.15, 0.2) is 0 Å². The molecule has 9 heteroatoms. The highest BCUT2D eigenvalue weighted by Crippen LogP contribution is 2.30. The SMILES string of the molecule is CCOc1ncc(NC(=O)c2cccc(C(F)(F)F)c2)c(OCC)n1. The van der Waals surface area contributed by atoms with Gasteiger partial charge in [0, 0.05) is 5.56 Å². The van der Waals surface area contributed by atoms with Gasteiger partial charge >= 0.3 is 12.2 Å². The van der Waals surface area contributed by atoms with Crippen LogP contribution < -0.4 is 14.8 Å². The Hall–Kier alpha value is -2.84. The van der Waals surface area contributed by atoms with E-state index < -0.39 is 17.6 Å². The summed E-state index contributed by atoms with van der Waals surface area (Å²) in [5.41, 5.74) is -0.924. The second kappa shape index (κ2) is 7.82. The van der Waals surface area contributed by atoms with Crippen molar-refractivity contribution in [3.05, 3.63) is 41.6 Å². The maximum absolute atomic E-state index is 12.8. The van der Waals surface area contributed by atoms with Gasteiger partial charge in [0.2, 0.25) is 5.88 Å². The van der Waals surface area contributed by atoms with Crippen LogP contribution in [0.25, 0.3) is 0 Å². The summed E-state index contributed by atoms with van der Waals surface area (Å²) in [6.45, 7) is 4.10. The number of carbonyl (C=O) groups excluding carboxylic acids is 1. The topological polar surface area (TPSA) is 73.3 Å². The van der Waals surface area contributed by atoms with E-state index in [9.17, 15) is 18.0 Å². The van der Waals surface area contributed by atoms with Crippen molar-refractivity contribution in [3.63, 3.8) is 0 Å². The van der Waals surface area contributed by atoms with E-state index in [0.717, 1.165) is 18.2 Å². The van der Waals surface area contributed by atoms with Crippen LogP contribution in [-0.2, 0) is 6.18 Å². The van der Waals surface area contributed by atoms with Gasteiger partial charge in [0.25, 0.3) is 5.91 Å². The fraction of sp³-hybridized carbons (Fsp3) is 0.312. The van der Waals surface area contributed by atoms with E-state index in [0.29, 0.717) is 6.61 Å². The largest absolute Gasteiger partial charge is 0.476 e. The number of anilines is 1. The van der Waals surface area contributed by atoms with Crippen LogP contribution in [-0.4, -0.2) is 29.1 Å². The van der Waals surface area contributed by atoms with Gasteiger partial charge in [0.05, 0.1) is 25.0 Å². The van der Waals surface area contributed by atoms with Crippen LogP contribution in [0.15, 0.2) is 30.5 Å². The highest BCUT2D eigenvalue weighted by atomic mass is 19.4. The second-order valence-electron chi connectivity index (χ2n) is 4.77. The summed E-state index contributed by atoms with van der Waals surface area (Å²) in [6, 6.07) is 4.17. The minimum atomic E-state index is -4.53. The molecule has 0 unspecified atom stereocenters. The third kappa shape index (κ3) is 4.82. The molecule has 1 aromatic heterocycles. The minimum Gasteiger partial charge on any atom is -0.476 e. The van der Waals surface area contributed by atoms with Gasteiger partial charge in [-0.3, -0.25) is 4.79 Å². The van der Waals surface area contributed by atoms with Gasteiger partial charge in [-0.25, -0.2) is 4.98 Å². The Morgan fingerprint density at radius 1 is 1.20 bits per heavy atom. The zero-order chi connectivity index (χ0) is 18.4. The number of aromatic nitrogens is 2. The van der Waals surface area contributed by atoms with Gasteiger partial charge in [-0.1, -0.05) is 6.07 Å². The number of nitrogens with zero attached hydrogens (tertiary/aromatic N) is 2. The lowest BCUT2D eigenvalue weighted by Crippen LogP contribution is -2.15. The summed E-state index contributed by atoms with van der Waals surface area (Å²) in [7, 11) is 0. The number of benzene rings is 1. The molecule has 0 aliphatic heterocycles. The number of ether oxygens (including phenoxy) is 2. The molecule has 2 rings (SSSR count). The van der Waals surface area contributed by atoms with E-state index in [2.05, 4.69) is 15.3 Å². The van der Waals surface area contributed by atoms with Crippen LogP contribution in [0.4, 0.5) is 18.9 Å². The maximum atomic E-state index is 12.8. The first-order chi connectivity index (χ1) is 11.8. The standard InChI is InChI=1S/C16H16F3N3O3/c1-3-24-14-12(9-20-15(22-14)25-4-2)21-13(23)10-6-5-7-11(8-10)16(17,18)19/h5-9H,3-4H2,1-2H3,(H,21,23). The molecule has 0 radical (unpaired) electrons. The van der Waals surface area contributed by atoms with Crippen molar-refractivity contribution >= 4 is 11.6 Å². The third-order valence-electron chi connectivity index (χ3n) is 2.99. The Bertz CT molecular complexity index is 751. The molecule has 0 bridgehead atoms. The quantitative estimate of drug-likeness (QED) is 0.858. The van der Waals surface area contributed by atoms with E-state index in [1.54, 1.807) is 13.8 Å². The number of rotatable bonds is 6. The fourth-order valence-corrected chi connectivity index (χ4v) is 1.91. The first-order valence-electron chi connectivity index (χ1n) is 7.46. The van der Waals surface area contributed by atoms with Gasteiger partial charge in [-0.2, -0.15) is 18.2 Å². The molecule has 0 atom stereocenters. The first-order valence-corrected chi connectivity index (χ1v) is 7.46. The van der Waals surface area contributed by atoms with Crippen molar-refractivity contribution in [1.29, 1.82) is 0 Å². The van der Waals surface area contributed by atoms with E-state index in [4.69, 9.17) is 9.47 Å². The summed E-state index contributed by atoms with van der Waals surface area (Å²) in [6.07, 6.45) is -3.26. The average Bonchev–Trinajstić information content (AvgIpc) is 2.57. The number of alkyl halides is 3. The van der Waals surface area contributed by atoms with Crippen molar-refractivity contribution in [2.45, 2.75) is 20.0 Å². The Morgan fingerprint density at radius 3 is 2.56 bits per heavy atom. The predicted molar refractivity (Wildman–Crippen MR) is 83.8 cm³/mol. The van der Waals surface area contributed by atoms with Crippen LogP contribution in [0.2, 0.25) is 0 Å². The normalized spacial score (nSPS) is 11.1. The van der Waals surface area contributed by atoms with Gasteiger partial charge in [-0.05, 0) is 32.0 Å². The predicted octanol–water partition coefficient (Wildman–Crippen LogP) is 3.55. The Labute approximate surface area is 142 Å².